The average Bonchev–Trinajstić information content (AvgIpc) is 3.06. The molecule has 9 nitrogen and oxygen atoms in total. The predicted octanol–water partition coefficient (Wildman–Crippen LogP) is 3.83. The van der Waals surface area contributed by atoms with Gasteiger partial charge in [0.05, 0.1) is 34.4 Å². The van der Waals surface area contributed by atoms with Crippen LogP contribution in [0.25, 0.3) is 22.3 Å². The van der Waals surface area contributed by atoms with E-state index >= 15 is 0 Å². The van der Waals surface area contributed by atoms with E-state index in [-0.39, 0.29) is 17.4 Å². The van der Waals surface area contributed by atoms with Crippen molar-refractivity contribution in [3.63, 3.8) is 0 Å². The standard InChI is InChI=1S/C19H15FN6O3/c1-25-10-11(18-15(25)4-3-6-21-18)13-5-7-22-19(23-13)24-14-9-16(26(27)28)12(20)8-17(14)29-2/h3-10H,1-2H3,(H,22,23,24). The Kier molecular flexibility index (Phi) is 4.51. The van der Waals surface area contributed by atoms with Crippen LogP contribution < -0.4 is 10.1 Å². The Hall–Kier alpha value is -4.08. The summed E-state index contributed by atoms with van der Waals surface area (Å²) in [6.07, 6.45) is 5.17. The number of aryl methyl sites for hydroxylation is 1. The smallest absolute Gasteiger partial charge is 0.307 e. The lowest BCUT2D eigenvalue weighted by atomic mass is 10.2. The van der Waals surface area contributed by atoms with Crippen LogP contribution in [-0.2, 0) is 7.05 Å². The molecule has 0 atom stereocenters. The largest absolute Gasteiger partial charge is 0.494 e. The van der Waals surface area contributed by atoms with Gasteiger partial charge in [-0.1, -0.05) is 0 Å². The van der Waals surface area contributed by atoms with Gasteiger partial charge in [0.15, 0.2) is 0 Å². The highest BCUT2D eigenvalue weighted by Crippen LogP contribution is 2.34. The number of hydrogen-bond acceptors (Lipinski definition) is 7. The molecular formula is C19H15FN6O3. The van der Waals surface area contributed by atoms with Crippen LogP contribution in [0.5, 0.6) is 5.75 Å². The lowest BCUT2D eigenvalue weighted by molar-refractivity contribution is -0.387. The maximum Gasteiger partial charge on any atom is 0.307 e. The van der Waals surface area contributed by atoms with Gasteiger partial charge in [-0.2, -0.15) is 4.39 Å². The van der Waals surface area contributed by atoms with Crippen LogP contribution in [0.1, 0.15) is 0 Å². The highest BCUT2D eigenvalue weighted by molar-refractivity contribution is 5.91. The lowest BCUT2D eigenvalue weighted by Crippen LogP contribution is -2.02. The molecule has 0 spiro atoms. The van der Waals surface area contributed by atoms with E-state index in [0.717, 1.165) is 28.7 Å². The van der Waals surface area contributed by atoms with E-state index in [1.807, 2.05) is 29.9 Å². The van der Waals surface area contributed by atoms with Gasteiger partial charge >= 0.3 is 5.69 Å². The molecule has 0 fully saturated rings. The first-order valence-corrected chi connectivity index (χ1v) is 8.50. The molecule has 0 unspecified atom stereocenters. The van der Waals surface area contributed by atoms with Gasteiger partial charge < -0.3 is 14.6 Å². The fourth-order valence-corrected chi connectivity index (χ4v) is 3.04. The van der Waals surface area contributed by atoms with Gasteiger partial charge in [-0.25, -0.2) is 9.97 Å². The van der Waals surface area contributed by atoms with Crippen molar-refractivity contribution in [1.82, 2.24) is 19.5 Å². The first-order chi connectivity index (χ1) is 14.0. The van der Waals surface area contributed by atoms with E-state index in [0.29, 0.717) is 5.69 Å². The zero-order valence-electron chi connectivity index (χ0n) is 15.5. The van der Waals surface area contributed by atoms with Gasteiger partial charge in [0.2, 0.25) is 11.8 Å². The number of nitrogens with zero attached hydrogens (tertiary/aromatic N) is 5. The highest BCUT2D eigenvalue weighted by atomic mass is 19.1. The van der Waals surface area contributed by atoms with Crippen LogP contribution in [-0.4, -0.2) is 31.6 Å². The number of pyridine rings is 1. The summed E-state index contributed by atoms with van der Waals surface area (Å²) in [4.78, 5) is 23.3. The summed E-state index contributed by atoms with van der Waals surface area (Å²) in [5.74, 6) is -0.725. The molecule has 0 saturated heterocycles. The summed E-state index contributed by atoms with van der Waals surface area (Å²) < 4.78 is 20.9. The molecular weight excluding hydrogens is 379 g/mol. The molecule has 4 aromatic rings. The summed E-state index contributed by atoms with van der Waals surface area (Å²) in [6.45, 7) is 0. The third-order valence-corrected chi connectivity index (χ3v) is 4.39. The number of nitrogens with one attached hydrogen (secondary N) is 1. The predicted molar refractivity (Wildman–Crippen MR) is 105 cm³/mol. The second-order valence-electron chi connectivity index (χ2n) is 6.18. The molecule has 1 aromatic carbocycles. The number of ether oxygens (including phenoxy) is 1. The number of hydrogen-bond donors (Lipinski definition) is 1. The Bertz CT molecular complexity index is 1240. The number of anilines is 2. The lowest BCUT2D eigenvalue weighted by Gasteiger charge is -2.11. The number of methoxy groups -OCH3 is 1. The molecule has 0 aliphatic carbocycles. The zero-order chi connectivity index (χ0) is 20.5. The van der Waals surface area contributed by atoms with Crippen LogP contribution in [0, 0.1) is 15.9 Å². The Labute approximate surface area is 164 Å². The SMILES string of the molecule is COc1cc(F)c([N+](=O)[O-])cc1Nc1nccc(-c2cn(C)c3cccnc23)n1. The van der Waals surface area contributed by atoms with E-state index in [9.17, 15) is 14.5 Å². The van der Waals surface area contributed by atoms with E-state index in [1.54, 1.807) is 18.5 Å². The molecule has 10 heteroatoms. The first-order valence-electron chi connectivity index (χ1n) is 8.50. The minimum absolute atomic E-state index is 0.0916. The van der Waals surface area contributed by atoms with Gasteiger partial charge in [0, 0.05) is 43.3 Å². The number of fused-ring (bicyclic) bond motifs is 1. The summed E-state index contributed by atoms with van der Waals surface area (Å²) in [7, 11) is 3.25. The minimum atomic E-state index is -0.992. The second-order valence-corrected chi connectivity index (χ2v) is 6.18. The number of rotatable bonds is 5. The van der Waals surface area contributed by atoms with Crippen molar-refractivity contribution in [2.75, 3.05) is 12.4 Å². The molecule has 0 aliphatic rings. The maximum absolute atomic E-state index is 13.9. The molecule has 3 heterocycles. The van der Waals surface area contributed by atoms with Crippen molar-refractivity contribution in [2.24, 2.45) is 7.05 Å². The van der Waals surface area contributed by atoms with Crippen molar-refractivity contribution in [2.45, 2.75) is 0 Å². The molecule has 29 heavy (non-hydrogen) atoms. The Morgan fingerprint density at radius 3 is 2.83 bits per heavy atom. The van der Waals surface area contributed by atoms with Gasteiger partial charge in [-0.05, 0) is 18.2 Å². The third kappa shape index (κ3) is 3.31. The third-order valence-electron chi connectivity index (χ3n) is 4.39. The molecule has 0 amide bonds. The second kappa shape index (κ2) is 7.15. The van der Waals surface area contributed by atoms with Crippen molar-refractivity contribution in [3.05, 3.63) is 64.9 Å². The molecule has 0 saturated carbocycles. The summed E-state index contributed by atoms with van der Waals surface area (Å²) in [6, 6.07) is 7.53. The zero-order valence-corrected chi connectivity index (χ0v) is 15.5. The van der Waals surface area contributed by atoms with Gasteiger partial charge in [-0.3, -0.25) is 15.1 Å². The fraction of sp³-hybridized carbons (Fsp3) is 0.105. The van der Waals surface area contributed by atoms with Crippen molar-refractivity contribution in [1.29, 1.82) is 0 Å². The van der Waals surface area contributed by atoms with Crippen molar-refractivity contribution in [3.8, 4) is 17.0 Å². The summed E-state index contributed by atoms with van der Waals surface area (Å²) >= 11 is 0. The number of halogens is 1. The number of aromatic nitrogens is 4. The maximum atomic E-state index is 13.9. The van der Waals surface area contributed by atoms with Crippen molar-refractivity contribution < 1.29 is 14.1 Å². The topological polar surface area (TPSA) is 108 Å². The number of nitro groups is 1. The molecule has 0 radical (unpaired) electrons. The van der Waals surface area contributed by atoms with E-state index in [4.69, 9.17) is 4.74 Å². The molecule has 1 N–H and O–H groups in total. The van der Waals surface area contributed by atoms with E-state index < -0.39 is 16.4 Å². The van der Waals surface area contributed by atoms with Crippen LogP contribution >= 0.6 is 0 Å². The van der Waals surface area contributed by atoms with E-state index in [1.165, 1.54) is 7.11 Å². The quantitative estimate of drug-likeness (QED) is 0.405. The summed E-state index contributed by atoms with van der Waals surface area (Å²) in [5.41, 5.74) is 2.66. The van der Waals surface area contributed by atoms with Crippen LogP contribution in [0.2, 0.25) is 0 Å². The van der Waals surface area contributed by atoms with E-state index in [2.05, 4.69) is 20.3 Å². The van der Waals surface area contributed by atoms with Crippen LogP contribution in [0.4, 0.5) is 21.7 Å². The van der Waals surface area contributed by atoms with Crippen molar-refractivity contribution >= 4 is 28.4 Å². The molecule has 4 rings (SSSR count). The molecule has 146 valence electrons. The Balaban J connectivity index is 1.75. The Morgan fingerprint density at radius 2 is 2.07 bits per heavy atom. The first kappa shape index (κ1) is 18.3. The normalized spacial score (nSPS) is 10.9. The minimum Gasteiger partial charge on any atom is -0.494 e. The van der Waals surface area contributed by atoms with Gasteiger partial charge in [-0.15, -0.1) is 0 Å². The monoisotopic (exact) mass is 394 g/mol. The summed E-state index contributed by atoms with van der Waals surface area (Å²) in [5, 5.41) is 13.9. The van der Waals surface area contributed by atoms with Crippen LogP contribution in [0.15, 0.2) is 48.9 Å². The average molecular weight is 394 g/mol. The van der Waals surface area contributed by atoms with Gasteiger partial charge in [0.1, 0.15) is 5.75 Å². The highest BCUT2D eigenvalue weighted by Gasteiger charge is 2.20. The fourth-order valence-electron chi connectivity index (χ4n) is 3.04. The number of benzene rings is 1. The molecule has 3 aromatic heterocycles. The van der Waals surface area contributed by atoms with Crippen LogP contribution in [0.3, 0.4) is 0 Å². The number of nitro benzene ring substituents is 1. The Morgan fingerprint density at radius 1 is 1.24 bits per heavy atom. The molecule has 0 bridgehead atoms. The molecule has 0 aliphatic heterocycles. The van der Waals surface area contributed by atoms with Gasteiger partial charge in [0.25, 0.3) is 0 Å².